The first-order valence-corrected chi connectivity index (χ1v) is 13.6. The number of aryl methyl sites for hydroxylation is 3. The molecule has 0 aliphatic heterocycles. The maximum Gasteiger partial charge on any atom is 0.0696 e. The van der Waals surface area contributed by atoms with Gasteiger partial charge in [-0.15, -0.1) is 0 Å². The molecule has 0 spiro atoms. The first-order valence-electron chi connectivity index (χ1n) is 12.1. The van der Waals surface area contributed by atoms with Gasteiger partial charge in [-0.05, 0) is 74.2 Å². The highest BCUT2D eigenvalue weighted by atomic mass is 31.1. The minimum absolute atomic E-state index is 0.202. The number of benzene rings is 2. The normalized spacial score (nSPS) is 18.7. The fraction of sp³-hybridized carbons (Fsp3) is 0.536. The molecule has 30 heavy (non-hydrogen) atoms. The molecule has 2 aromatic carbocycles. The Kier molecular flexibility index (Phi) is 7.09. The van der Waals surface area contributed by atoms with Crippen molar-refractivity contribution in [2.24, 2.45) is 0 Å². The number of hydrogen-bond donors (Lipinski definition) is 1. The highest BCUT2D eigenvalue weighted by molar-refractivity contribution is 7.67. The van der Waals surface area contributed by atoms with E-state index in [1.165, 1.54) is 91.8 Å². The summed E-state index contributed by atoms with van der Waals surface area (Å²) in [6, 6.07) is 13.5. The molecule has 2 fully saturated rings. The summed E-state index contributed by atoms with van der Waals surface area (Å²) >= 11 is 0. The third kappa shape index (κ3) is 4.57. The number of nitrogens with one attached hydrogen (secondary N) is 1. The average molecular weight is 420 g/mol. The van der Waals surface area contributed by atoms with Crippen LogP contribution < -0.4 is 5.30 Å². The zero-order valence-corrected chi connectivity index (χ0v) is 20.0. The minimum atomic E-state index is -0.202. The predicted octanol–water partition coefficient (Wildman–Crippen LogP) is 7.80. The van der Waals surface area contributed by atoms with Crippen LogP contribution in [0.2, 0.25) is 0 Å². The SMILES string of the molecule is Cc1cc(C)c(C(=N)c2ccccc2P(C2CCCCC2)C2CCCCC2)c(C)c1. The van der Waals surface area contributed by atoms with Crippen LogP contribution in [-0.2, 0) is 0 Å². The highest BCUT2D eigenvalue weighted by Crippen LogP contribution is 2.55. The monoisotopic (exact) mass is 419 g/mol. The van der Waals surface area contributed by atoms with Crippen molar-refractivity contribution in [3.8, 4) is 0 Å². The molecule has 0 radical (unpaired) electrons. The van der Waals surface area contributed by atoms with Crippen molar-refractivity contribution in [2.45, 2.75) is 96.3 Å². The van der Waals surface area contributed by atoms with Gasteiger partial charge in [0.05, 0.1) is 5.71 Å². The first kappa shape index (κ1) is 21.8. The molecule has 2 heteroatoms. The molecule has 0 saturated heterocycles. The molecule has 2 saturated carbocycles. The van der Waals surface area contributed by atoms with Crippen molar-refractivity contribution in [3.05, 3.63) is 64.2 Å². The van der Waals surface area contributed by atoms with Gasteiger partial charge in [0.15, 0.2) is 0 Å². The molecular formula is C28H38NP. The zero-order chi connectivity index (χ0) is 21.1. The van der Waals surface area contributed by atoms with Crippen molar-refractivity contribution in [1.29, 1.82) is 5.41 Å². The van der Waals surface area contributed by atoms with E-state index in [9.17, 15) is 5.41 Å². The van der Waals surface area contributed by atoms with Gasteiger partial charge in [0.1, 0.15) is 0 Å². The van der Waals surface area contributed by atoms with Crippen LogP contribution in [0.5, 0.6) is 0 Å². The minimum Gasteiger partial charge on any atom is -0.300 e. The van der Waals surface area contributed by atoms with Gasteiger partial charge in [0.25, 0.3) is 0 Å². The molecule has 1 nitrogen and oxygen atoms in total. The summed E-state index contributed by atoms with van der Waals surface area (Å²) in [6.45, 7) is 6.52. The van der Waals surface area contributed by atoms with E-state index in [4.69, 9.17) is 0 Å². The molecule has 0 heterocycles. The third-order valence-electron chi connectivity index (χ3n) is 7.31. The molecule has 2 aliphatic carbocycles. The van der Waals surface area contributed by atoms with Gasteiger partial charge < -0.3 is 0 Å². The summed E-state index contributed by atoms with van der Waals surface area (Å²) in [5, 5.41) is 10.8. The van der Waals surface area contributed by atoms with Crippen LogP contribution >= 0.6 is 7.92 Å². The standard InChI is InChI=1S/C28H38NP/c1-20-18-21(2)27(22(3)19-20)28(29)25-16-10-11-17-26(25)30(23-12-6-4-7-13-23)24-14-8-5-9-15-24/h10-11,16-19,23-24,29H,4-9,12-15H2,1-3H3. The molecule has 0 amide bonds. The summed E-state index contributed by atoms with van der Waals surface area (Å²) in [7, 11) is -0.202. The summed E-state index contributed by atoms with van der Waals surface area (Å²) in [6.07, 6.45) is 14.1. The van der Waals surface area contributed by atoms with Gasteiger partial charge in [-0.25, -0.2) is 0 Å². The lowest BCUT2D eigenvalue weighted by molar-refractivity contribution is 0.487. The lowest BCUT2D eigenvalue weighted by Gasteiger charge is -2.39. The van der Waals surface area contributed by atoms with Crippen LogP contribution in [0.1, 0.15) is 92.0 Å². The topological polar surface area (TPSA) is 23.9 Å². The van der Waals surface area contributed by atoms with Gasteiger partial charge in [0.2, 0.25) is 0 Å². The fourth-order valence-electron chi connectivity index (χ4n) is 6.03. The second kappa shape index (κ2) is 9.78. The van der Waals surface area contributed by atoms with Crippen molar-refractivity contribution in [3.63, 3.8) is 0 Å². The lowest BCUT2D eigenvalue weighted by atomic mass is 9.92. The quantitative estimate of drug-likeness (QED) is 0.378. The van der Waals surface area contributed by atoms with Crippen LogP contribution in [0.4, 0.5) is 0 Å². The Morgan fingerprint density at radius 1 is 0.767 bits per heavy atom. The van der Waals surface area contributed by atoms with E-state index < -0.39 is 0 Å². The Morgan fingerprint density at radius 2 is 1.27 bits per heavy atom. The molecule has 2 aliphatic rings. The lowest BCUT2D eigenvalue weighted by Crippen LogP contribution is -2.29. The van der Waals surface area contributed by atoms with E-state index in [0.29, 0.717) is 0 Å². The Hall–Kier alpha value is -1.46. The van der Waals surface area contributed by atoms with E-state index in [-0.39, 0.29) is 7.92 Å². The van der Waals surface area contributed by atoms with E-state index in [1.807, 2.05) is 0 Å². The molecule has 0 bridgehead atoms. The van der Waals surface area contributed by atoms with Crippen molar-refractivity contribution in [1.82, 2.24) is 0 Å². The Bertz CT molecular complexity index is 846. The zero-order valence-electron chi connectivity index (χ0n) is 19.1. The Labute approximate surface area is 185 Å². The smallest absolute Gasteiger partial charge is 0.0696 e. The fourth-order valence-corrected chi connectivity index (χ4v) is 9.98. The van der Waals surface area contributed by atoms with Gasteiger partial charge in [-0.1, -0.05) is 88.4 Å². The molecule has 4 rings (SSSR count). The Balaban J connectivity index is 1.77. The van der Waals surface area contributed by atoms with Gasteiger partial charge >= 0.3 is 0 Å². The molecule has 1 N–H and O–H groups in total. The Morgan fingerprint density at radius 3 is 1.80 bits per heavy atom. The van der Waals surface area contributed by atoms with Crippen LogP contribution in [0, 0.1) is 26.2 Å². The predicted molar refractivity (Wildman–Crippen MR) is 133 cm³/mol. The van der Waals surface area contributed by atoms with Crippen LogP contribution in [0.3, 0.4) is 0 Å². The van der Waals surface area contributed by atoms with Crippen LogP contribution in [0.15, 0.2) is 36.4 Å². The van der Waals surface area contributed by atoms with Crippen LogP contribution in [0.25, 0.3) is 0 Å². The van der Waals surface area contributed by atoms with Crippen molar-refractivity contribution >= 4 is 18.9 Å². The van der Waals surface area contributed by atoms with E-state index in [0.717, 1.165) is 22.6 Å². The molecule has 0 unspecified atom stereocenters. The number of rotatable bonds is 5. The largest absolute Gasteiger partial charge is 0.300 e. The highest BCUT2D eigenvalue weighted by Gasteiger charge is 2.34. The first-order chi connectivity index (χ1) is 14.6. The van der Waals surface area contributed by atoms with E-state index in [1.54, 1.807) is 0 Å². The maximum absolute atomic E-state index is 9.30. The van der Waals surface area contributed by atoms with Crippen molar-refractivity contribution < 1.29 is 0 Å². The third-order valence-corrected chi connectivity index (χ3v) is 10.9. The van der Waals surface area contributed by atoms with Crippen molar-refractivity contribution in [2.75, 3.05) is 0 Å². The second-order valence-electron chi connectivity index (χ2n) is 9.66. The van der Waals surface area contributed by atoms with E-state index in [2.05, 4.69) is 57.2 Å². The molecule has 2 aromatic rings. The summed E-state index contributed by atoms with van der Waals surface area (Å²) in [4.78, 5) is 0. The maximum atomic E-state index is 9.30. The molecule has 0 aromatic heterocycles. The second-order valence-corrected chi connectivity index (χ2v) is 12.4. The van der Waals surface area contributed by atoms with Gasteiger partial charge in [0, 0.05) is 11.1 Å². The molecular weight excluding hydrogens is 381 g/mol. The molecule has 0 atom stereocenters. The summed E-state index contributed by atoms with van der Waals surface area (Å²) in [5.41, 5.74) is 8.63. The van der Waals surface area contributed by atoms with Gasteiger partial charge in [-0.3, -0.25) is 5.41 Å². The molecule has 160 valence electrons. The summed E-state index contributed by atoms with van der Waals surface area (Å²) < 4.78 is 0. The van der Waals surface area contributed by atoms with E-state index >= 15 is 0 Å². The summed E-state index contributed by atoms with van der Waals surface area (Å²) in [5.74, 6) is 0. The number of hydrogen-bond acceptors (Lipinski definition) is 1. The van der Waals surface area contributed by atoms with Gasteiger partial charge in [-0.2, -0.15) is 0 Å². The average Bonchev–Trinajstić information content (AvgIpc) is 2.75. The van der Waals surface area contributed by atoms with Crippen LogP contribution in [-0.4, -0.2) is 17.0 Å².